The van der Waals surface area contributed by atoms with E-state index < -0.39 is 9.04 Å². The fourth-order valence-corrected chi connectivity index (χ4v) is 5.14. The predicted molar refractivity (Wildman–Crippen MR) is 116 cm³/mol. The molecule has 26 heavy (non-hydrogen) atoms. The molecule has 0 aromatic heterocycles. The SMILES string of the molecule is CC(C)(C)c1ccc([Si](OCc2ccccc2Br)c2ccccc2)cc1. The molecule has 133 valence electrons. The van der Waals surface area contributed by atoms with Crippen molar-refractivity contribution in [3.05, 3.63) is 94.5 Å². The third-order valence-corrected chi connectivity index (χ3v) is 7.30. The Kier molecular flexibility index (Phi) is 6.12. The first kappa shape index (κ1) is 19.1. The van der Waals surface area contributed by atoms with E-state index in [2.05, 4.69) is 109 Å². The highest BCUT2D eigenvalue weighted by Crippen LogP contribution is 2.21. The van der Waals surface area contributed by atoms with Crippen molar-refractivity contribution >= 4 is 35.3 Å². The maximum atomic E-state index is 6.48. The number of hydrogen-bond donors (Lipinski definition) is 0. The third kappa shape index (κ3) is 4.73. The van der Waals surface area contributed by atoms with Gasteiger partial charge in [0.25, 0.3) is 9.04 Å². The number of hydrogen-bond acceptors (Lipinski definition) is 1. The van der Waals surface area contributed by atoms with Crippen LogP contribution in [-0.2, 0) is 16.4 Å². The van der Waals surface area contributed by atoms with E-state index in [1.165, 1.54) is 21.5 Å². The molecule has 0 spiro atoms. The fourth-order valence-electron chi connectivity index (χ4n) is 2.81. The molecule has 0 N–H and O–H groups in total. The van der Waals surface area contributed by atoms with Crippen molar-refractivity contribution in [1.82, 2.24) is 0 Å². The highest BCUT2D eigenvalue weighted by molar-refractivity contribution is 9.10. The van der Waals surface area contributed by atoms with Crippen molar-refractivity contribution in [3.63, 3.8) is 0 Å². The van der Waals surface area contributed by atoms with Gasteiger partial charge in [0.2, 0.25) is 0 Å². The quantitative estimate of drug-likeness (QED) is 0.520. The topological polar surface area (TPSA) is 9.23 Å². The molecule has 0 aliphatic heterocycles. The zero-order valence-electron chi connectivity index (χ0n) is 15.5. The highest BCUT2D eigenvalue weighted by Gasteiger charge is 2.21. The number of benzene rings is 3. The van der Waals surface area contributed by atoms with Crippen LogP contribution in [0.15, 0.2) is 83.3 Å². The Balaban J connectivity index is 1.88. The van der Waals surface area contributed by atoms with Crippen LogP contribution in [-0.4, -0.2) is 9.04 Å². The van der Waals surface area contributed by atoms with E-state index in [0.717, 1.165) is 4.47 Å². The summed E-state index contributed by atoms with van der Waals surface area (Å²) in [6, 6.07) is 27.8. The Labute approximate surface area is 166 Å². The summed E-state index contributed by atoms with van der Waals surface area (Å²) in [5.74, 6) is 0. The lowest BCUT2D eigenvalue weighted by Crippen LogP contribution is -2.44. The lowest BCUT2D eigenvalue weighted by Gasteiger charge is -2.21. The van der Waals surface area contributed by atoms with Crippen molar-refractivity contribution in [1.29, 1.82) is 0 Å². The van der Waals surface area contributed by atoms with Crippen LogP contribution in [0.2, 0.25) is 0 Å². The van der Waals surface area contributed by atoms with Crippen LogP contribution in [0.5, 0.6) is 0 Å². The Morgan fingerprint density at radius 3 is 1.96 bits per heavy atom. The van der Waals surface area contributed by atoms with E-state index in [1.54, 1.807) is 0 Å². The van der Waals surface area contributed by atoms with Crippen LogP contribution >= 0.6 is 15.9 Å². The molecule has 0 atom stereocenters. The normalized spacial score (nSPS) is 11.7. The van der Waals surface area contributed by atoms with Crippen LogP contribution < -0.4 is 10.4 Å². The molecule has 0 aliphatic carbocycles. The average molecular weight is 424 g/mol. The zero-order valence-corrected chi connectivity index (χ0v) is 18.1. The second-order valence-corrected chi connectivity index (χ2v) is 10.4. The lowest BCUT2D eigenvalue weighted by atomic mass is 9.87. The summed E-state index contributed by atoms with van der Waals surface area (Å²) in [6.45, 7) is 7.34. The van der Waals surface area contributed by atoms with Crippen molar-refractivity contribution in [2.24, 2.45) is 0 Å². The molecule has 0 heterocycles. The van der Waals surface area contributed by atoms with Gasteiger partial charge in [0.1, 0.15) is 0 Å². The van der Waals surface area contributed by atoms with Crippen molar-refractivity contribution in [2.45, 2.75) is 32.8 Å². The van der Waals surface area contributed by atoms with Crippen LogP contribution in [0.4, 0.5) is 0 Å². The van der Waals surface area contributed by atoms with Crippen molar-refractivity contribution in [3.8, 4) is 0 Å². The van der Waals surface area contributed by atoms with Gasteiger partial charge in [-0.3, -0.25) is 0 Å². The molecule has 0 amide bonds. The Bertz CT molecular complexity index is 838. The third-order valence-electron chi connectivity index (χ3n) is 4.38. The summed E-state index contributed by atoms with van der Waals surface area (Å²) >= 11 is 3.62. The van der Waals surface area contributed by atoms with Gasteiger partial charge in [0.05, 0.1) is 6.61 Å². The highest BCUT2D eigenvalue weighted by atomic mass is 79.9. The van der Waals surface area contributed by atoms with Crippen LogP contribution in [0.1, 0.15) is 31.9 Å². The summed E-state index contributed by atoms with van der Waals surface area (Å²) in [7, 11) is -1.30. The van der Waals surface area contributed by atoms with Gasteiger partial charge >= 0.3 is 0 Å². The van der Waals surface area contributed by atoms with Gasteiger partial charge in [-0.05, 0) is 33.0 Å². The molecule has 3 heteroatoms. The van der Waals surface area contributed by atoms with E-state index in [0.29, 0.717) is 6.61 Å². The minimum atomic E-state index is -1.30. The zero-order chi connectivity index (χ0) is 18.6. The van der Waals surface area contributed by atoms with E-state index in [4.69, 9.17) is 4.43 Å². The molecule has 0 saturated carbocycles. The Morgan fingerprint density at radius 1 is 0.769 bits per heavy atom. The second kappa shape index (κ2) is 8.34. The van der Waals surface area contributed by atoms with Gasteiger partial charge in [-0.1, -0.05) is 109 Å². The maximum Gasteiger partial charge on any atom is 0.283 e. The van der Waals surface area contributed by atoms with E-state index in [1.807, 2.05) is 6.07 Å². The molecule has 1 radical (unpaired) electrons. The molecule has 0 fully saturated rings. The van der Waals surface area contributed by atoms with Gasteiger partial charge in [-0.25, -0.2) is 0 Å². The average Bonchev–Trinajstić information content (AvgIpc) is 2.64. The molecular weight excluding hydrogens is 400 g/mol. The lowest BCUT2D eigenvalue weighted by molar-refractivity contribution is 0.321. The van der Waals surface area contributed by atoms with E-state index >= 15 is 0 Å². The number of halogens is 1. The summed E-state index contributed by atoms with van der Waals surface area (Å²) in [5, 5.41) is 2.55. The molecule has 1 nitrogen and oxygen atoms in total. The van der Waals surface area contributed by atoms with Gasteiger partial charge in [0, 0.05) is 4.47 Å². The first-order valence-electron chi connectivity index (χ1n) is 8.84. The first-order valence-corrected chi connectivity index (χ1v) is 11.0. The maximum absolute atomic E-state index is 6.48. The minimum absolute atomic E-state index is 0.161. The molecular formula is C23H24BrOSi. The van der Waals surface area contributed by atoms with Gasteiger partial charge in [-0.2, -0.15) is 0 Å². The molecule has 0 aliphatic rings. The molecule has 0 saturated heterocycles. The van der Waals surface area contributed by atoms with Crippen molar-refractivity contribution in [2.75, 3.05) is 0 Å². The van der Waals surface area contributed by atoms with Crippen LogP contribution in [0.25, 0.3) is 0 Å². The van der Waals surface area contributed by atoms with Gasteiger partial charge in [0.15, 0.2) is 0 Å². The summed E-state index contributed by atoms with van der Waals surface area (Å²) in [5.41, 5.74) is 2.69. The summed E-state index contributed by atoms with van der Waals surface area (Å²) < 4.78 is 7.57. The second-order valence-electron chi connectivity index (χ2n) is 7.40. The largest absolute Gasteiger partial charge is 0.403 e. The molecule has 3 aromatic rings. The fraction of sp³-hybridized carbons (Fsp3) is 0.217. The van der Waals surface area contributed by atoms with Crippen molar-refractivity contribution < 1.29 is 4.43 Å². The molecule has 3 rings (SSSR count). The monoisotopic (exact) mass is 423 g/mol. The number of rotatable bonds is 5. The van der Waals surface area contributed by atoms with Gasteiger partial charge < -0.3 is 4.43 Å². The van der Waals surface area contributed by atoms with E-state index in [9.17, 15) is 0 Å². The standard InChI is InChI=1S/C23H24BrOSi/c1-23(2,3)19-13-15-21(16-14-19)26(20-10-5-4-6-11-20)25-17-18-9-7-8-12-22(18)24/h4-16H,17H2,1-3H3. The van der Waals surface area contributed by atoms with E-state index in [-0.39, 0.29) is 5.41 Å². The summed E-state index contributed by atoms with van der Waals surface area (Å²) in [4.78, 5) is 0. The Morgan fingerprint density at radius 2 is 1.35 bits per heavy atom. The molecule has 0 unspecified atom stereocenters. The smallest absolute Gasteiger partial charge is 0.283 e. The molecule has 0 bridgehead atoms. The molecule has 3 aromatic carbocycles. The van der Waals surface area contributed by atoms with Crippen LogP contribution in [0.3, 0.4) is 0 Å². The van der Waals surface area contributed by atoms with Crippen LogP contribution in [0, 0.1) is 0 Å². The van der Waals surface area contributed by atoms with Gasteiger partial charge in [-0.15, -0.1) is 0 Å². The Hall–Kier alpha value is -1.68. The first-order chi connectivity index (χ1) is 12.4. The summed E-state index contributed by atoms with van der Waals surface area (Å²) in [6.07, 6.45) is 0. The predicted octanol–water partition coefficient (Wildman–Crippen LogP) is 5.07. The minimum Gasteiger partial charge on any atom is -0.403 e.